The lowest BCUT2D eigenvalue weighted by atomic mass is 9.83. The van der Waals surface area contributed by atoms with Crippen LogP contribution < -0.4 is 0 Å². The number of hydrogen-bond acceptors (Lipinski definition) is 4. The lowest BCUT2D eigenvalue weighted by Gasteiger charge is -2.33. The second-order valence-electron chi connectivity index (χ2n) is 10.6. The molecule has 0 spiro atoms. The highest BCUT2D eigenvalue weighted by molar-refractivity contribution is 5.46. The Bertz CT molecular complexity index is 661. The molecular weight excluding hydrogens is 388 g/mol. The molecule has 31 heavy (non-hydrogen) atoms. The first kappa shape index (κ1) is 27.9. The summed E-state index contributed by atoms with van der Waals surface area (Å²) in [7, 11) is 0. The number of phenolic OH excluding ortho intramolecular Hbond substituents is 1. The lowest BCUT2D eigenvalue weighted by Crippen LogP contribution is -2.33. The number of ether oxygens (including phenoxy) is 3. The van der Waals surface area contributed by atoms with E-state index in [1.54, 1.807) is 0 Å². The van der Waals surface area contributed by atoms with Crippen molar-refractivity contribution in [3.8, 4) is 5.75 Å². The van der Waals surface area contributed by atoms with Crippen LogP contribution in [0.5, 0.6) is 5.75 Å². The highest BCUT2D eigenvalue weighted by atomic mass is 16.5. The molecule has 0 saturated carbocycles. The Morgan fingerprint density at radius 3 is 1.42 bits per heavy atom. The van der Waals surface area contributed by atoms with E-state index in [1.807, 2.05) is 6.07 Å². The van der Waals surface area contributed by atoms with E-state index in [0.717, 1.165) is 50.9 Å². The maximum absolute atomic E-state index is 10.9. The molecule has 0 bridgehead atoms. The zero-order valence-electron chi connectivity index (χ0n) is 21.7. The van der Waals surface area contributed by atoms with E-state index >= 15 is 0 Å². The average Bonchev–Trinajstić information content (AvgIpc) is 2.68. The molecule has 0 fully saturated rings. The molecule has 0 heterocycles. The average molecular weight is 437 g/mol. The summed E-state index contributed by atoms with van der Waals surface area (Å²) in [5, 5.41) is 10.9. The Kier molecular flexibility index (Phi) is 11.0. The van der Waals surface area contributed by atoms with Crippen LogP contribution in [0.25, 0.3) is 0 Å². The van der Waals surface area contributed by atoms with Crippen LogP contribution in [0.4, 0.5) is 0 Å². The Morgan fingerprint density at radius 1 is 0.613 bits per heavy atom. The first-order valence-corrected chi connectivity index (χ1v) is 12.1. The minimum Gasteiger partial charge on any atom is -0.508 e. The van der Waals surface area contributed by atoms with E-state index in [1.165, 1.54) is 11.1 Å². The summed E-state index contributed by atoms with van der Waals surface area (Å²) < 4.78 is 18.4. The fourth-order valence-electron chi connectivity index (χ4n) is 3.91. The van der Waals surface area contributed by atoms with Crippen molar-refractivity contribution in [3.05, 3.63) is 28.8 Å². The highest BCUT2D eigenvalue weighted by Gasteiger charge is 2.30. The van der Waals surface area contributed by atoms with E-state index in [-0.39, 0.29) is 16.8 Å². The Hall–Kier alpha value is -1.10. The van der Waals surface area contributed by atoms with Crippen LogP contribution in [0.1, 0.15) is 98.3 Å². The van der Waals surface area contributed by atoms with Gasteiger partial charge in [-0.3, -0.25) is 0 Å². The standard InChI is InChI=1S/C27H48O4/c1-10-15-29-25(4,5)18-21-13-14-24(28)23(20-27(8,9)31-17-12-3)22(21)19-26(6,7)30-16-11-2/h13-14,28H,10-12,15-20H2,1-9H3. The molecule has 0 amide bonds. The minimum atomic E-state index is -0.358. The molecule has 1 rings (SSSR count). The third kappa shape index (κ3) is 9.93. The van der Waals surface area contributed by atoms with E-state index in [9.17, 15) is 5.11 Å². The smallest absolute Gasteiger partial charge is 0.119 e. The normalized spacial score (nSPS) is 13.1. The molecule has 0 unspecified atom stereocenters. The van der Waals surface area contributed by atoms with Gasteiger partial charge in [-0.1, -0.05) is 26.8 Å². The number of phenols is 1. The van der Waals surface area contributed by atoms with Crippen molar-refractivity contribution in [1.29, 1.82) is 0 Å². The van der Waals surface area contributed by atoms with Gasteiger partial charge in [0.25, 0.3) is 0 Å². The zero-order valence-corrected chi connectivity index (χ0v) is 21.7. The Balaban J connectivity index is 3.39. The van der Waals surface area contributed by atoms with Crippen LogP contribution in [0.15, 0.2) is 12.1 Å². The topological polar surface area (TPSA) is 47.9 Å². The van der Waals surface area contributed by atoms with Gasteiger partial charge in [0.2, 0.25) is 0 Å². The van der Waals surface area contributed by atoms with Crippen molar-refractivity contribution in [2.45, 2.75) is 118 Å². The number of rotatable bonds is 15. The quantitative estimate of drug-likeness (QED) is 0.335. The molecule has 180 valence electrons. The van der Waals surface area contributed by atoms with Crippen LogP contribution in [-0.2, 0) is 33.5 Å². The Morgan fingerprint density at radius 2 is 1.00 bits per heavy atom. The van der Waals surface area contributed by atoms with Gasteiger partial charge in [-0.25, -0.2) is 0 Å². The van der Waals surface area contributed by atoms with Crippen molar-refractivity contribution in [3.63, 3.8) is 0 Å². The predicted octanol–water partition coefficient (Wildman–Crippen LogP) is 6.64. The molecule has 0 aromatic heterocycles. The van der Waals surface area contributed by atoms with Gasteiger partial charge in [-0.15, -0.1) is 0 Å². The van der Waals surface area contributed by atoms with Crippen LogP contribution in [0.2, 0.25) is 0 Å². The third-order valence-corrected chi connectivity index (χ3v) is 5.42. The van der Waals surface area contributed by atoms with Crippen molar-refractivity contribution >= 4 is 0 Å². The third-order valence-electron chi connectivity index (χ3n) is 5.42. The van der Waals surface area contributed by atoms with Crippen LogP contribution in [-0.4, -0.2) is 41.7 Å². The number of aromatic hydroxyl groups is 1. The molecular formula is C27H48O4. The van der Waals surface area contributed by atoms with Gasteiger partial charge in [0.1, 0.15) is 5.75 Å². The van der Waals surface area contributed by atoms with Crippen molar-refractivity contribution in [1.82, 2.24) is 0 Å². The molecule has 4 heteroatoms. The van der Waals surface area contributed by atoms with Gasteiger partial charge in [0.05, 0.1) is 16.8 Å². The molecule has 1 N–H and O–H groups in total. The summed E-state index contributed by atoms with van der Waals surface area (Å²) in [6.45, 7) is 21.3. The molecule has 1 aromatic rings. The SMILES string of the molecule is CCCOC(C)(C)Cc1ccc(O)c(CC(C)(C)OCCC)c1CC(C)(C)OCCC. The molecule has 0 atom stereocenters. The molecule has 0 saturated heterocycles. The van der Waals surface area contributed by atoms with Gasteiger partial charge in [-0.2, -0.15) is 0 Å². The number of hydrogen-bond donors (Lipinski definition) is 1. The second kappa shape index (κ2) is 12.2. The summed E-state index contributed by atoms with van der Waals surface area (Å²) in [5.74, 6) is 0.338. The van der Waals surface area contributed by atoms with Crippen molar-refractivity contribution in [2.24, 2.45) is 0 Å². The first-order chi connectivity index (χ1) is 14.4. The maximum Gasteiger partial charge on any atom is 0.119 e. The summed E-state index contributed by atoms with van der Waals surface area (Å²) in [6, 6.07) is 3.89. The molecule has 0 aliphatic carbocycles. The predicted molar refractivity (Wildman–Crippen MR) is 130 cm³/mol. The van der Waals surface area contributed by atoms with E-state index in [2.05, 4.69) is 68.4 Å². The van der Waals surface area contributed by atoms with Crippen LogP contribution in [0, 0.1) is 0 Å². The molecule has 1 aromatic carbocycles. The zero-order chi connectivity index (χ0) is 23.7. The molecule has 0 aliphatic heterocycles. The number of benzene rings is 1. The summed E-state index contributed by atoms with van der Waals surface area (Å²) >= 11 is 0. The van der Waals surface area contributed by atoms with Crippen molar-refractivity contribution in [2.75, 3.05) is 19.8 Å². The summed E-state index contributed by atoms with van der Waals surface area (Å²) in [6.07, 6.45) is 5.14. The summed E-state index contributed by atoms with van der Waals surface area (Å²) in [4.78, 5) is 0. The van der Waals surface area contributed by atoms with Gasteiger partial charge in [0, 0.05) is 44.6 Å². The Labute approximate surface area is 191 Å². The molecule has 0 aliphatic rings. The summed E-state index contributed by atoms with van der Waals surface area (Å²) in [5.41, 5.74) is 2.40. The fraction of sp³-hybridized carbons (Fsp3) is 0.778. The van der Waals surface area contributed by atoms with E-state index in [4.69, 9.17) is 14.2 Å². The largest absolute Gasteiger partial charge is 0.508 e. The van der Waals surface area contributed by atoms with Gasteiger partial charge < -0.3 is 19.3 Å². The van der Waals surface area contributed by atoms with Crippen LogP contribution >= 0.6 is 0 Å². The monoisotopic (exact) mass is 436 g/mol. The van der Waals surface area contributed by atoms with E-state index < -0.39 is 0 Å². The van der Waals surface area contributed by atoms with Crippen molar-refractivity contribution < 1.29 is 19.3 Å². The maximum atomic E-state index is 10.9. The molecule has 4 nitrogen and oxygen atoms in total. The van der Waals surface area contributed by atoms with Gasteiger partial charge in [-0.05, 0) is 78.0 Å². The van der Waals surface area contributed by atoms with Crippen LogP contribution in [0.3, 0.4) is 0 Å². The van der Waals surface area contributed by atoms with Gasteiger partial charge >= 0.3 is 0 Å². The first-order valence-electron chi connectivity index (χ1n) is 12.1. The lowest BCUT2D eigenvalue weighted by molar-refractivity contribution is -0.0232. The minimum absolute atomic E-state index is 0.276. The van der Waals surface area contributed by atoms with Gasteiger partial charge in [0.15, 0.2) is 0 Å². The highest BCUT2D eigenvalue weighted by Crippen LogP contribution is 2.35. The molecule has 0 radical (unpaired) electrons. The van der Waals surface area contributed by atoms with E-state index in [0.29, 0.717) is 18.8 Å². The fourth-order valence-corrected chi connectivity index (χ4v) is 3.91. The second-order valence-corrected chi connectivity index (χ2v) is 10.6.